The monoisotopic (exact) mass is 283 g/mol. The fourth-order valence-electron chi connectivity index (χ4n) is 2.53. The molecule has 2 rings (SSSR count). The maximum absolute atomic E-state index is 4.65. The number of pyridine rings is 1. The average Bonchev–Trinajstić information content (AvgIpc) is 2.47. The topological polar surface area (TPSA) is 37.0 Å². The van der Waals surface area contributed by atoms with Gasteiger partial charge in [0.15, 0.2) is 0 Å². The van der Waals surface area contributed by atoms with Crippen LogP contribution in [0.15, 0.2) is 30.3 Å². The molecule has 0 unspecified atom stereocenters. The molecule has 0 radical (unpaired) electrons. The van der Waals surface area contributed by atoms with Crippen LogP contribution in [0.4, 0.5) is 17.3 Å². The molecule has 0 amide bonds. The van der Waals surface area contributed by atoms with E-state index in [1.54, 1.807) is 0 Å². The van der Waals surface area contributed by atoms with Gasteiger partial charge in [0.2, 0.25) is 0 Å². The van der Waals surface area contributed by atoms with Crippen molar-refractivity contribution in [2.45, 2.75) is 40.5 Å². The Hall–Kier alpha value is -2.03. The smallest absolute Gasteiger partial charge is 0.133 e. The molecule has 2 N–H and O–H groups in total. The Balaban J connectivity index is 2.37. The first-order chi connectivity index (χ1) is 10.2. The lowest BCUT2D eigenvalue weighted by molar-refractivity contribution is 1.08. The number of nitrogens with one attached hydrogen (secondary N) is 2. The van der Waals surface area contributed by atoms with Gasteiger partial charge >= 0.3 is 0 Å². The van der Waals surface area contributed by atoms with E-state index in [2.05, 4.69) is 73.6 Å². The Morgan fingerprint density at radius 2 is 1.57 bits per heavy atom. The predicted octanol–water partition coefficient (Wildman–Crippen LogP) is 4.69. The number of para-hydroxylation sites is 1. The van der Waals surface area contributed by atoms with E-state index >= 15 is 0 Å². The Bertz CT molecular complexity index is 583. The molecule has 0 spiro atoms. The normalized spacial score (nSPS) is 10.5. The lowest BCUT2D eigenvalue weighted by atomic mass is 10.0. The number of anilines is 3. The third kappa shape index (κ3) is 3.75. The fourth-order valence-corrected chi connectivity index (χ4v) is 2.53. The van der Waals surface area contributed by atoms with Crippen molar-refractivity contribution in [1.29, 1.82) is 0 Å². The van der Waals surface area contributed by atoms with E-state index in [-0.39, 0.29) is 0 Å². The average molecular weight is 283 g/mol. The van der Waals surface area contributed by atoms with Crippen LogP contribution in [0.3, 0.4) is 0 Å². The van der Waals surface area contributed by atoms with Gasteiger partial charge in [-0.25, -0.2) is 4.98 Å². The molecule has 0 aliphatic rings. The standard InChI is InChI=1S/C18H25N3/c1-5-14-9-8-10-15(6-2)18(14)21-17-12-13(4)11-16(20-17)19-7-3/h8-12H,5-7H2,1-4H3,(H2,19,20,21). The predicted molar refractivity (Wildman–Crippen MR) is 91.6 cm³/mol. The molecule has 0 atom stereocenters. The number of hydrogen-bond acceptors (Lipinski definition) is 3. The van der Waals surface area contributed by atoms with Crippen LogP contribution < -0.4 is 10.6 Å². The Labute approximate surface area is 127 Å². The number of hydrogen-bond donors (Lipinski definition) is 2. The van der Waals surface area contributed by atoms with Gasteiger partial charge in [-0.1, -0.05) is 32.0 Å². The van der Waals surface area contributed by atoms with Gasteiger partial charge in [0.05, 0.1) is 0 Å². The molecular formula is C18H25N3. The minimum Gasteiger partial charge on any atom is -0.370 e. The van der Waals surface area contributed by atoms with E-state index < -0.39 is 0 Å². The second-order valence-electron chi connectivity index (χ2n) is 5.23. The second kappa shape index (κ2) is 7.11. The van der Waals surface area contributed by atoms with Crippen molar-refractivity contribution in [3.05, 3.63) is 47.0 Å². The minimum atomic E-state index is 0.877. The van der Waals surface area contributed by atoms with E-state index in [9.17, 15) is 0 Å². The summed E-state index contributed by atoms with van der Waals surface area (Å²) in [5.74, 6) is 1.83. The zero-order valence-electron chi connectivity index (χ0n) is 13.5. The van der Waals surface area contributed by atoms with Crippen LogP contribution in [-0.4, -0.2) is 11.5 Å². The van der Waals surface area contributed by atoms with Crippen molar-refractivity contribution >= 4 is 17.3 Å². The first kappa shape index (κ1) is 15.4. The molecule has 21 heavy (non-hydrogen) atoms. The lowest BCUT2D eigenvalue weighted by Gasteiger charge is -2.16. The van der Waals surface area contributed by atoms with Crippen molar-refractivity contribution < 1.29 is 0 Å². The summed E-state index contributed by atoms with van der Waals surface area (Å²) in [6, 6.07) is 10.7. The van der Waals surface area contributed by atoms with Gasteiger partial charge < -0.3 is 10.6 Å². The Morgan fingerprint density at radius 3 is 2.14 bits per heavy atom. The van der Waals surface area contributed by atoms with Crippen molar-refractivity contribution in [3.63, 3.8) is 0 Å². The van der Waals surface area contributed by atoms with E-state index in [0.717, 1.165) is 31.0 Å². The quantitative estimate of drug-likeness (QED) is 0.807. The molecule has 112 valence electrons. The maximum Gasteiger partial charge on any atom is 0.133 e. The van der Waals surface area contributed by atoms with Gasteiger partial charge in [-0.05, 0) is 55.5 Å². The summed E-state index contributed by atoms with van der Waals surface area (Å²) in [6.07, 6.45) is 2.03. The number of rotatable bonds is 6. The molecule has 3 heteroatoms. The number of nitrogens with zero attached hydrogens (tertiary/aromatic N) is 1. The zero-order chi connectivity index (χ0) is 15.2. The third-order valence-corrected chi connectivity index (χ3v) is 3.58. The molecule has 1 aromatic carbocycles. The van der Waals surface area contributed by atoms with Crippen LogP contribution in [0.1, 0.15) is 37.5 Å². The molecule has 0 aliphatic carbocycles. The van der Waals surface area contributed by atoms with Crippen LogP contribution in [0.5, 0.6) is 0 Å². The van der Waals surface area contributed by atoms with E-state index in [4.69, 9.17) is 0 Å². The van der Waals surface area contributed by atoms with Crippen molar-refractivity contribution in [2.24, 2.45) is 0 Å². The van der Waals surface area contributed by atoms with Crippen molar-refractivity contribution in [2.75, 3.05) is 17.2 Å². The van der Waals surface area contributed by atoms with Crippen molar-refractivity contribution in [1.82, 2.24) is 4.98 Å². The Kier molecular flexibility index (Phi) is 5.20. The molecule has 0 saturated heterocycles. The molecule has 0 bridgehead atoms. The summed E-state index contributed by atoms with van der Waals surface area (Å²) in [5, 5.41) is 6.81. The maximum atomic E-state index is 4.65. The highest BCUT2D eigenvalue weighted by molar-refractivity contribution is 5.66. The number of aryl methyl sites for hydroxylation is 3. The largest absolute Gasteiger partial charge is 0.370 e. The summed E-state index contributed by atoms with van der Waals surface area (Å²) in [5.41, 5.74) is 5.09. The minimum absolute atomic E-state index is 0.877. The first-order valence-electron chi connectivity index (χ1n) is 7.78. The summed E-state index contributed by atoms with van der Waals surface area (Å²) in [7, 11) is 0. The van der Waals surface area contributed by atoms with Gasteiger partial charge in [-0.15, -0.1) is 0 Å². The summed E-state index contributed by atoms with van der Waals surface area (Å²) in [6.45, 7) is 9.43. The van der Waals surface area contributed by atoms with Gasteiger partial charge in [0, 0.05) is 12.2 Å². The number of aromatic nitrogens is 1. The molecule has 0 saturated carbocycles. The summed E-state index contributed by atoms with van der Waals surface area (Å²) >= 11 is 0. The zero-order valence-corrected chi connectivity index (χ0v) is 13.5. The second-order valence-corrected chi connectivity index (χ2v) is 5.23. The summed E-state index contributed by atoms with van der Waals surface area (Å²) < 4.78 is 0. The van der Waals surface area contributed by atoms with Crippen LogP contribution in [0.2, 0.25) is 0 Å². The van der Waals surface area contributed by atoms with Crippen LogP contribution >= 0.6 is 0 Å². The van der Waals surface area contributed by atoms with Gasteiger partial charge in [0.1, 0.15) is 11.6 Å². The van der Waals surface area contributed by atoms with Crippen molar-refractivity contribution in [3.8, 4) is 0 Å². The molecule has 2 aromatic rings. The van der Waals surface area contributed by atoms with E-state index in [1.807, 2.05) is 0 Å². The summed E-state index contributed by atoms with van der Waals surface area (Å²) in [4.78, 5) is 4.65. The molecule has 1 heterocycles. The number of benzene rings is 1. The molecule has 0 fully saturated rings. The van der Waals surface area contributed by atoms with Crippen LogP contribution in [0.25, 0.3) is 0 Å². The van der Waals surface area contributed by atoms with Gasteiger partial charge in [-0.3, -0.25) is 0 Å². The molecule has 0 aliphatic heterocycles. The SMILES string of the molecule is CCNc1cc(C)cc(Nc2c(CC)cccc2CC)n1. The molecule has 3 nitrogen and oxygen atoms in total. The van der Waals surface area contributed by atoms with E-state index in [1.165, 1.54) is 22.4 Å². The Morgan fingerprint density at radius 1 is 0.952 bits per heavy atom. The fraction of sp³-hybridized carbons (Fsp3) is 0.389. The highest BCUT2D eigenvalue weighted by Gasteiger charge is 2.08. The molecular weight excluding hydrogens is 258 g/mol. The lowest BCUT2D eigenvalue weighted by Crippen LogP contribution is -2.05. The molecule has 1 aromatic heterocycles. The highest BCUT2D eigenvalue weighted by Crippen LogP contribution is 2.26. The van der Waals surface area contributed by atoms with Gasteiger partial charge in [0.25, 0.3) is 0 Å². The van der Waals surface area contributed by atoms with E-state index in [0.29, 0.717) is 0 Å². The highest BCUT2D eigenvalue weighted by atomic mass is 15.1. The first-order valence-corrected chi connectivity index (χ1v) is 7.78. The van der Waals surface area contributed by atoms with Crippen LogP contribution in [0, 0.1) is 6.92 Å². The third-order valence-electron chi connectivity index (χ3n) is 3.58. The van der Waals surface area contributed by atoms with Crippen LogP contribution in [-0.2, 0) is 12.8 Å². The van der Waals surface area contributed by atoms with Gasteiger partial charge in [-0.2, -0.15) is 0 Å².